The van der Waals surface area contributed by atoms with Crippen LogP contribution < -0.4 is 0 Å². The van der Waals surface area contributed by atoms with Crippen molar-refractivity contribution < 1.29 is 28.2 Å². The van der Waals surface area contributed by atoms with Crippen LogP contribution in [-0.4, -0.2) is 40.3 Å². The molecule has 0 radical (unpaired) electrons. The molecule has 1 aliphatic heterocycles. The lowest BCUT2D eigenvalue weighted by Gasteiger charge is -2.26. The van der Waals surface area contributed by atoms with Gasteiger partial charge in [0.1, 0.15) is 11.6 Å². The zero-order chi connectivity index (χ0) is 18.1. The van der Waals surface area contributed by atoms with Crippen molar-refractivity contribution in [3.05, 3.63) is 35.4 Å². The summed E-state index contributed by atoms with van der Waals surface area (Å²) in [5.41, 5.74) is -0.160. The lowest BCUT2D eigenvalue weighted by atomic mass is 9.96. The van der Waals surface area contributed by atoms with E-state index in [9.17, 15) is 23.5 Å². The van der Waals surface area contributed by atoms with Gasteiger partial charge in [-0.3, -0.25) is 4.90 Å². The average molecular weight is 341 g/mol. The molecule has 1 fully saturated rings. The van der Waals surface area contributed by atoms with Gasteiger partial charge in [0.2, 0.25) is 0 Å². The van der Waals surface area contributed by atoms with Gasteiger partial charge in [0.05, 0.1) is 0 Å². The van der Waals surface area contributed by atoms with Crippen molar-refractivity contribution in [2.24, 2.45) is 5.92 Å². The summed E-state index contributed by atoms with van der Waals surface area (Å²) in [6.07, 6.45) is -0.0731. The van der Waals surface area contributed by atoms with E-state index in [-0.39, 0.29) is 18.9 Å². The molecule has 2 atom stereocenters. The van der Waals surface area contributed by atoms with E-state index in [2.05, 4.69) is 0 Å². The van der Waals surface area contributed by atoms with E-state index in [1.54, 1.807) is 20.8 Å². The molecule has 24 heavy (non-hydrogen) atoms. The SMILES string of the molecule is CC(C)(C)OC(=O)N1CC(Cc2ccc(F)c(F)c2)CC1C(=O)O. The van der Waals surface area contributed by atoms with E-state index in [4.69, 9.17) is 4.74 Å². The molecule has 1 saturated heterocycles. The number of aliphatic carboxylic acids is 1. The maximum absolute atomic E-state index is 13.3. The summed E-state index contributed by atoms with van der Waals surface area (Å²) < 4.78 is 31.5. The summed E-state index contributed by atoms with van der Waals surface area (Å²) in [7, 11) is 0. The molecule has 1 aliphatic rings. The first-order valence-electron chi connectivity index (χ1n) is 7.73. The maximum Gasteiger partial charge on any atom is 0.411 e. The number of halogens is 2. The van der Waals surface area contributed by atoms with Gasteiger partial charge in [-0.15, -0.1) is 0 Å². The number of likely N-dealkylation sites (tertiary alicyclic amines) is 1. The summed E-state index contributed by atoms with van der Waals surface area (Å²) >= 11 is 0. The Morgan fingerprint density at radius 3 is 2.50 bits per heavy atom. The first-order chi connectivity index (χ1) is 11.1. The number of carboxylic acid groups (broad SMARTS) is 1. The van der Waals surface area contributed by atoms with Gasteiger partial charge >= 0.3 is 12.1 Å². The number of carboxylic acids is 1. The number of amides is 1. The van der Waals surface area contributed by atoms with E-state index in [1.807, 2.05) is 0 Å². The standard InChI is InChI=1S/C17H21F2NO4/c1-17(2,3)24-16(23)20-9-11(8-14(20)15(21)22)6-10-4-5-12(18)13(19)7-10/h4-5,7,11,14H,6,8-9H2,1-3H3,(H,21,22). The molecule has 1 N–H and O–H groups in total. The number of benzene rings is 1. The topological polar surface area (TPSA) is 66.8 Å². The van der Waals surface area contributed by atoms with Crippen LogP contribution in [-0.2, 0) is 16.0 Å². The molecule has 2 rings (SSSR count). The lowest BCUT2D eigenvalue weighted by Crippen LogP contribution is -2.43. The third-order valence-electron chi connectivity index (χ3n) is 3.81. The van der Waals surface area contributed by atoms with Crippen molar-refractivity contribution >= 4 is 12.1 Å². The summed E-state index contributed by atoms with van der Waals surface area (Å²) in [5.74, 6) is -3.13. The molecule has 1 aromatic rings. The number of ether oxygens (including phenoxy) is 1. The number of carbonyl (C=O) groups is 2. The van der Waals surface area contributed by atoms with Crippen molar-refractivity contribution in [2.45, 2.75) is 45.3 Å². The number of nitrogens with zero attached hydrogens (tertiary/aromatic N) is 1. The molecule has 0 bridgehead atoms. The van der Waals surface area contributed by atoms with Gasteiger partial charge < -0.3 is 9.84 Å². The second-order valence-electron chi connectivity index (χ2n) is 7.04. The quantitative estimate of drug-likeness (QED) is 0.917. The summed E-state index contributed by atoms with van der Waals surface area (Å²) in [6.45, 7) is 5.31. The first kappa shape index (κ1) is 18.2. The Kier molecular flexibility index (Phi) is 5.11. The number of hydrogen-bond acceptors (Lipinski definition) is 3. The van der Waals surface area contributed by atoms with Gasteiger partial charge in [-0.2, -0.15) is 0 Å². The zero-order valence-electron chi connectivity index (χ0n) is 13.9. The Hall–Kier alpha value is -2.18. The lowest BCUT2D eigenvalue weighted by molar-refractivity contribution is -0.142. The minimum atomic E-state index is -1.10. The highest BCUT2D eigenvalue weighted by molar-refractivity contribution is 5.81. The molecule has 7 heteroatoms. The fourth-order valence-corrected chi connectivity index (χ4v) is 2.83. The van der Waals surface area contributed by atoms with E-state index in [1.165, 1.54) is 11.0 Å². The number of carbonyl (C=O) groups excluding carboxylic acids is 1. The van der Waals surface area contributed by atoms with Crippen LogP contribution in [0.5, 0.6) is 0 Å². The molecule has 1 heterocycles. The molecule has 2 unspecified atom stereocenters. The molecule has 1 amide bonds. The molecule has 132 valence electrons. The molecule has 0 aromatic heterocycles. The third kappa shape index (κ3) is 4.43. The highest BCUT2D eigenvalue weighted by Crippen LogP contribution is 2.28. The van der Waals surface area contributed by atoms with Crippen LogP contribution in [0.2, 0.25) is 0 Å². The van der Waals surface area contributed by atoms with Gasteiger partial charge in [-0.05, 0) is 57.2 Å². The molecule has 5 nitrogen and oxygen atoms in total. The largest absolute Gasteiger partial charge is 0.480 e. The Morgan fingerprint density at radius 1 is 1.29 bits per heavy atom. The van der Waals surface area contributed by atoms with Crippen LogP contribution in [0.25, 0.3) is 0 Å². The molecule has 1 aromatic carbocycles. The fraction of sp³-hybridized carbons (Fsp3) is 0.529. The maximum atomic E-state index is 13.3. The minimum Gasteiger partial charge on any atom is -0.480 e. The Labute approximate surface area is 139 Å². The molecule has 0 spiro atoms. The Bertz CT molecular complexity index is 642. The second-order valence-corrected chi connectivity index (χ2v) is 7.04. The predicted octanol–water partition coefficient (Wildman–Crippen LogP) is 3.22. The molecule has 0 aliphatic carbocycles. The van der Waals surface area contributed by atoms with E-state index in [0.717, 1.165) is 12.1 Å². The van der Waals surface area contributed by atoms with Crippen LogP contribution in [0.3, 0.4) is 0 Å². The minimum absolute atomic E-state index is 0.163. The average Bonchev–Trinajstić information content (AvgIpc) is 2.85. The van der Waals surface area contributed by atoms with E-state index >= 15 is 0 Å². The smallest absolute Gasteiger partial charge is 0.411 e. The zero-order valence-corrected chi connectivity index (χ0v) is 13.9. The van der Waals surface area contributed by atoms with Crippen molar-refractivity contribution in [3.63, 3.8) is 0 Å². The fourth-order valence-electron chi connectivity index (χ4n) is 2.83. The van der Waals surface area contributed by atoms with Gasteiger partial charge in [0.25, 0.3) is 0 Å². The van der Waals surface area contributed by atoms with Gasteiger partial charge in [0, 0.05) is 6.54 Å². The summed E-state index contributed by atoms with van der Waals surface area (Å²) in [6, 6.07) is 2.63. The summed E-state index contributed by atoms with van der Waals surface area (Å²) in [4.78, 5) is 24.8. The Balaban J connectivity index is 2.10. The summed E-state index contributed by atoms with van der Waals surface area (Å²) in [5, 5.41) is 9.34. The van der Waals surface area contributed by atoms with Crippen molar-refractivity contribution in [2.75, 3.05) is 6.54 Å². The predicted molar refractivity (Wildman–Crippen MR) is 82.5 cm³/mol. The second kappa shape index (κ2) is 6.75. The highest BCUT2D eigenvalue weighted by atomic mass is 19.2. The van der Waals surface area contributed by atoms with Crippen LogP contribution in [0.1, 0.15) is 32.8 Å². The normalized spacial score (nSPS) is 21.0. The van der Waals surface area contributed by atoms with Crippen molar-refractivity contribution in [1.82, 2.24) is 4.90 Å². The van der Waals surface area contributed by atoms with Crippen LogP contribution in [0, 0.1) is 17.6 Å². The van der Waals surface area contributed by atoms with E-state index < -0.39 is 35.3 Å². The highest BCUT2D eigenvalue weighted by Gasteiger charge is 2.41. The molecular weight excluding hydrogens is 320 g/mol. The van der Waals surface area contributed by atoms with Crippen molar-refractivity contribution in [1.29, 1.82) is 0 Å². The number of hydrogen-bond donors (Lipinski definition) is 1. The van der Waals surface area contributed by atoms with Crippen LogP contribution in [0.15, 0.2) is 18.2 Å². The molecular formula is C17H21F2NO4. The van der Waals surface area contributed by atoms with Crippen LogP contribution in [0.4, 0.5) is 13.6 Å². The molecule has 0 saturated carbocycles. The first-order valence-corrected chi connectivity index (χ1v) is 7.73. The monoisotopic (exact) mass is 341 g/mol. The van der Waals surface area contributed by atoms with Crippen LogP contribution >= 0.6 is 0 Å². The number of rotatable bonds is 3. The Morgan fingerprint density at radius 2 is 1.96 bits per heavy atom. The third-order valence-corrected chi connectivity index (χ3v) is 3.81. The van der Waals surface area contributed by atoms with Crippen molar-refractivity contribution in [3.8, 4) is 0 Å². The van der Waals surface area contributed by atoms with Gasteiger partial charge in [0.15, 0.2) is 11.6 Å². The van der Waals surface area contributed by atoms with E-state index in [0.29, 0.717) is 12.0 Å². The van der Waals surface area contributed by atoms with Gasteiger partial charge in [-0.1, -0.05) is 6.07 Å². The van der Waals surface area contributed by atoms with Gasteiger partial charge in [-0.25, -0.2) is 18.4 Å².